The van der Waals surface area contributed by atoms with E-state index in [-0.39, 0.29) is 6.42 Å². The summed E-state index contributed by atoms with van der Waals surface area (Å²) in [5.74, 6) is -0.786. The summed E-state index contributed by atoms with van der Waals surface area (Å²) in [6.45, 7) is 2.14. The van der Waals surface area contributed by atoms with Crippen LogP contribution in [0.25, 0.3) is 0 Å². The lowest BCUT2D eigenvalue weighted by Crippen LogP contribution is -1.89. The predicted octanol–water partition coefficient (Wildman–Crippen LogP) is 5.21. The summed E-state index contributed by atoms with van der Waals surface area (Å²) in [5, 5.41) is 8.43. The van der Waals surface area contributed by atoms with Gasteiger partial charge < -0.3 is 5.11 Å². The summed E-state index contributed by atoms with van der Waals surface area (Å²) in [4.78, 5) is 10.2. The lowest BCUT2D eigenvalue weighted by atomic mass is 10.2. The Morgan fingerprint density at radius 2 is 1.05 bits per heavy atom. The van der Waals surface area contributed by atoms with E-state index in [1.807, 2.05) is 12.2 Å². The number of carboxylic acids is 1. The summed E-state index contributed by atoms with van der Waals surface area (Å²) in [7, 11) is 0. The molecule has 0 aromatic heterocycles. The van der Waals surface area contributed by atoms with Crippen molar-refractivity contribution in [2.24, 2.45) is 0 Å². The molecule has 110 valence electrons. The van der Waals surface area contributed by atoms with Gasteiger partial charge in [-0.15, -0.1) is 0 Å². The van der Waals surface area contributed by atoms with Gasteiger partial charge in [0, 0.05) is 0 Å². The third kappa shape index (κ3) is 16.2. The molecule has 0 atom stereocenters. The van der Waals surface area contributed by atoms with Gasteiger partial charge in [0.1, 0.15) is 0 Å². The van der Waals surface area contributed by atoms with Crippen molar-refractivity contribution in [1.29, 1.82) is 0 Å². The van der Waals surface area contributed by atoms with Crippen LogP contribution in [-0.2, 0) is 4.79 Å². The minimum Gasteiger partial charge on any atom is -0.481 e. The van der Waals surface area contributed by atoms with Gasteiger partial charge in [0.05, 0.1) is 6.42 Å². The van der Waals surface area contributed by atoms with Gasteiger partial charge >= 0.3 is 5.97 Å². The summed E-state index contributed by atoms with van der Waals surface area (Å²) < 4.78 is 0. The van der Waals surface area contributed by atoms with Crippen molar-refractivity contribution < 1.29 is 9.90 Å². The second-order valence-corrected chi connectivity index (χ2v) is 4.31. The molecule has 0 spiro atoms. The molecule has 0 bridgehead atoms. The Hall–Kier alpha value is -1.83. The quantitative estimate of drug-likeness (QED) is 0.525. The minimum atomic E-state index is -0.786. The third-order valence-electron chi connectivity index (χ3n) is 2.45. The third-order valence-corrected chi connectivity index (χ3v) is 2.45. The maximum absolute atomic E-state index is 10.2. The van der Waals surface area contributed by atoms with Gasteiger partial charge in [-0.05, 0) is 32.1 Å². The first-order valence-corrected chi connectivity index (χ1v) is 7.24. The Balaban J connectivity index is 3.49. The Labute approximate surface area is 122 Å². The van der Waals surface area contributed by atoms with Gasteiger partial charge in [0.15, 0.2) is 0 Å². The number of carbonyl (C=O) groups is 1. The molecule has 1 N–H and O–H groups in total. The highest BCUT2D eigenvalue weighted by Crippen LogP contribution is 1.95. The van der Waals surface area contributed by atoms with Gasteiger partial charge in [0.2, 0.25) is 0 Å². The van der Waals surface area contributed by atoms with Gasteiger partial charge in [-0.1, -0.05) is 67.7 Å². The van der Waals surface area contributed by atoms with Crippen LogP contribution < -0.4 is 0 Å². The Bertz CT molecular complexity index is 371. The predicted molar refractivity (Wildman–Crippen MR) is 86.7 cm³/mol. The van der Waals surface area contributed by atoms with Crippen molar-refractivity contribution in [3.8, 4) is 0 Å². The molecule has 0 aliphatic rings. The molecule has 0 aliphatic heterocycles. The second-order valence-electron chi connectivity index (χ2n) is 4.31. The number of rotatable bonds is 11. The molecule has 0 heterocycles. The van der Waals surface area contributed by atoms with Crippen LogP contribution in [0, 0.1) is 0 Å². The highest BCUT2D eigenvalue weighted by Gasteiger charge is 1.87. The van der Waals surface area contributed by atoms with Gasteiger partial charge in [-0.2, -0.15) is 0 Å². The van der Waals surface area contributed by atoms with Crippen molar-refractivity contribution in [1.82, 2.24) is 0 Å². The van der Waals surface area contributed by atoms with Crippen LogP contribution in [0.5, 0.6) is 0 Å². The van der Waals surface area contributed by atoms with E-state index in [1.54, 1.807) is 6.08 Å². The van der Waals surface area contributed by atoms with E-state index in [0.717, 1.165) is 32.1 Å². The summed E-state index contributed by atoms with van der Waals surface area (Å²) in [6, 6.07) is 0. The fraction of sp³-hybridized carbons (Fsp3) is 0.389. The Morgan fingerprint density at radius 1 is 0.700 bits per heavy atom. The van der Waals surface area contributed by atoms with Gasteiger partial charge in [0.25, 0.3) is 0 Å². The van der Waals surface area contributed by atoms with E-state index < -0.39 is 5.97 Å². The average molecular weight is 274 g/mol. The number of hydrogen-bond donors (Lipinski definition) is 1. The summed E-state index contributed by atoms with van der Waals surface area (Å²) in [5.41, 5.74) is 0. The molecule has 0 fully saturated rings. The molecule has 0 rings (SSSR count). The molecule has 2 heteroatoms. The van der Waals surface area contributed by atoms with Crippen molar-refractivity contribution in [2.75, 3.05) is 0 Å². The van der Waals surface area contributed by atoms with E-state index in [9.17, 15) is 4.79 Å². The van der Waals surface area contributed by atoms with E-state index in [4.69, 9.17) is 5.11 Å². The first-order chi connectivity index (χ1) is 9.77. The molecule has 0 radical (unpaired) electrons. The van der Waals surface area contributed by atoms with E-state index in [1.165, 1.54) is 0 Å². The topological polar surface area (TPSA) is 37.3 Å². The van der Waals surface area contributed by atoms with E-state index in [0.29, 0.717) is 0 Å². The Morgan fingerprint density at radius 3 is 1.40 bits per heavy atom. The van der Waals surface area contributed by atoms with Crippen molar-refractivity contribution in [3.05, 3.63) is 60.8 Å². The fourth-order valence-corrected chi connectivity index (χ4v) is 1.43. The lowest BCUT2D eigenvalue weighted by Gasteiger charge is -1.85. The molecule has 0 amide bonds. The number of hydrogen-bond acceptors (Lipinski definition) is 1. The monoisotopic (exact) mass is 274 g/mol. The van der Waals surface area contributed by atoms with Crippen LogP contribution >= 0.6 is 0 Å². The number of allylic oxidation sites excluding steroid dienone is 9. The van der Waals surface area contributed by atoms with Crippen LogP contribution in [0.1, 0.15) is 45.4 Å². The molecule has 0 saturated carbocycles. The van der Waals surface area contributed by atoms with Crippen LogP contribution in [0.3, 0.4) is 0 Å². The molecule has 0 saturated heterocycles. The largest absolute Gasteiger partial charge is 0.481 e. The zero-order valence-corrected chi connectivity index (χ0v) is 12.4. The first-order valence-electron chi connectivity index (χ1n) is 7.24. The highest BCUT2D eigenvalue weighted by atomic mass is 16.4. The second kappa shape index (κ2) is 15.2. The standard InChI is InChI=1S/C18H26O2/c1-2-3-4-5-6-7-8-9-10-11-12-13-14-15-16-17-18(19)20/h3-4,6-7,9-10,12-13,15-16H,2,5,8,11,14,17H2,1H3,(H,19,20)/b4-3-,7-6-,10-9-,13-12-,16-15-. The zero-order valence-electron chi connectivity index (χ0n) is 12.4. The Kier molecular flexibility index (Phi) is 13.8. The van der Waals surface area contributed by atoms with Crippen molar-refractivity contribution >= 4 is 5.97 Å². The van der Waals surface area contributed by atoms with E-state index in [2.05, 4.69) is 49.5 Å². The maximum atomic E-state index is 10.2. The van der Waals surface area contributed by atoms with Crippen LogP contribution in [0.4, 0.5) is 0 Å². The maximum Gasteiger partial charge on any atom is 0.307 e. The molecule has 0 aromatic rings. The smallest absolute Gasteiger partial charge is 0.307 e. The SMILES string of the molecule is CC/C=C\C/C=C\C/C=C\C/C=C\C/C=C\CC(=O)O. The van der Waals surface area contributed by atoms with E-state index >= 15 is 0 Å². The molecular formula is C18H26O2. The molecule has 0 aromatic carbocycles. The molecule has 2 nitrogen and oxygen atoms in total. The average Bonchev–Trinajstić information content (AvgIpc) is 2.43. The summed E-state index contributed by atoms with van der Waals surface area (Å²) in [6.07, 6.45) is 25.6. The molecular weight excluding hydrogens is 248 g/mol. The van der Waals surface area contributed by atoms with Gasteiger partial charge in [-0.3, -0.25) is 4.79 Å². The molecule has 0 unspecified atom stereocenters. The highest BCUT2D eigenvalue weighted by molar-refractivity contribution is 5.68. The fourth-order valence-electron chi connectivity index (χ4n) is 1.43. The normalized spacial score (nSPS) is 12.8. The molecule has 20 heavy (non-hydrogen) atoms. The van der Waals surface area contributed by atoms with Crippen molar-refractivity contribution in [3.63, 3.8) is 0 Å². The lowest BCUT2D eigenvalue weighted by molar-refractivity contribution is -0.136. The number of carboxylic acid groups (broad SMARTS) is 1. The van der Waals surface area contributed by atoms with Crippen molar-refractivity contribution in [2.45, 2.75) is 45.4 Å². The van der Waals surface area contributed by atoms with Crippen LogP contribution in [0.15, 0.2) is 60.8 Å². The number of aliphatic carboxylic acids is 1. The zero-order chi connectivity index (χ0) is 14.9. The van der Waals surface area contributed by atoms with Crippen LogP contribution in [0.2, 0.25) is 0 Å². The first kappa shape index (κ1) is 18.2. The van der Waals surface area contributed by atoms with Crippen LogP contribution in [-0.4, -0.2) is 11.1 Å². The minimum absolute atomic E-state index is 0.105. The summed E-state index contributed by atoms with van der Waals surface area (Å²) >= 11 is 0. The molecule has 0 aliphatic carbocycles. The van der Waals surface area contributed by atoms with Gasteiger partial charge in [-0.25, -0.2) is 0 Å².